The summed E-state index contributed by atoms with van der Waals surface area (Å²) < 4.78 is 5.89. The molecule has 5 heteroatoms. The zero-order valence-corrected chi connectivity index (χ0v) is 16.1. The Hall–Kier alpha value is -3.62. The van der Waals surface area contributed by atoms with Gasteiger partial charge in [-0.25, -0.2) is 0 Å². The molecule has 0 bridgehead atoms. The summed E-state index contributed by atoms with van der Waals surface area (Å²) in [5, 5.41) is 12.0. The second kappa shape index (κ2) is 10.6. The van der Waals surface area contributed by atoms with Crippen LogP contribution in [0.3, 0.4) is 0 Å². The van der Waals surface area contributed by atoms with Crippen LogP contribution in [0.1, 0.15) is 12.0 Å². The zero-order valence-electron chi connectivity index (χ0n) is 16.1. The fraction of sp³-hybridized carbons (Fsp3) is 0.167. The quantitative estimate of drug-likeness (QED) is 0.536. The maximum absolute atomic E-state index is 12.5. The Morgan fingerprint density at radius 3 is 2.31 bits per heavy atom. The highest BCUT2D eigenvalue weighted by atomic mass is 16.5. The van der Waals surface area contributed by atoms with E-state index in [2.05, 4.69) is 11.4 Å². The second-order valence-corrected chi connectivity index (χ2v) is 6.56. The third-order valence-corrected chi connectivity index (χ3v) is 4.33. The average Bonchev–Trinajstić information content (AvgIpc) is 2.75. The van der Waals surface area contributed by atoms with Gasteiger partial charge in [0.25, 0.3) is 0 Å². The van der Waals surface area contributed by atoms with Crippen LogP contribution in [0, 0.1) is 11.3 Å². The van der Waals surface area contributed by atoms with E-state index in [1.165, 1.54) is 0 Å². The third-order valence-electron chi connectivity index (χ3n) is 4.33. The number of carbonyl (C=O) groups is 1. The third kappa shape index (κ3) is 6.49. The largest absolute Gasteiger partial charge is 0.455 e. The summed E-state index contributed by atoms with van der Waals surface area (Å²) in [7, 11) is 0. The first kappa shape index (κ1) is 20.1. The smallest absolute Gasteiger partial charge is 0.225 e. The molecule has 0 aliphatic carbocycles. The van der Waals surface area contributed by atoms with Gasteiger partial charge in [-0.15, -0.1) is 0 Å². The van der Waals surface area contributed by atoms with Crippen LogP contribution in [0.15, 0.2) is 84.9 Å². The zero-order chi connectivity index (χ0) is 20.3. The van der Waals surface area contributed by atoms with Gasteiger partial charge in [0.1, 0.15) is 5.75 Å². The molecule has 3 rings (SSSR count). The predicted molar refractivity (Wildman–Crippen MR) is 114 cm³/mol. The lowest BCUT2D eigenvalue weighted by atomic mass is 10.2. The van der Waals surface area contributed by atoms with Crippen LogP contribution in [-0.4, -0.2) is 23.9 Å². The fourth-order valence-corrected chi connectivity index (χ4v) is 2.90. The minimum absolute atomic E-state index is 0.120. The molecule has 0 saturated heterocycles. The summed E-state index contributed by atoms with van der Waals surface area (Å²) in [6, 6.07) is 28.9. The van der Waals surface area contributed by atoms with Gasteiger partial charge in [0.15, 0.2) is 5.75 Å². The number of nitrogens with one attached hydrogen (secondary N) is 1. The number of anilines is 1. The van der Waals surface area contributed by atoms with Crippen molar-refractivity contribution >= 4 is 11.6 Å². The molecule has 0 aliphatic heterocycles. The van der Waals surface area contributed by atoms with Crippen LogP contribution in [0.5, 0.6) is 11.5 Å². The molecule has 0 spiro atoms. The summed E-state index contributed by atoms with van der Waals surface area (Å²) in [6.07, 6.45) is 0.286. The van der Waals surface area contributed by atoms with Crippen molar-refractivity contribution in [1.82, 2.24) is 4.90 Å². The van der Waals surface area contributed by atoms with E-state index in [4.69, 9.17) is 10.00 Å². The first-order valence-electron chi connectivity index (χ1n) is 9.49. The number of benzene rings is 3. The minimum atomic E-state index is -0.120. The molecule has 5 nitrogen and oxygen atoms in total. The molecule has 146 valence electrons. The average molecular weight is 385 g/mol. The van der Waals surface area contributed by atoms with E-state index in [0.29, 0.717) is 30.3 Å². The molecule has 1 amide bonds. The SMILES string of the molecule is N#CCN(CCC(=O)Nc1ccccc1Oc1ccccc1)Cc1ccccc1. The van der Waals surface area contributed by atoms with Crippen molar-refractivity contribution in [3.8, 4) is 17.6 Å². The predicted octanol–water partition coefficient (Wildman–Crippen LogP) is 4.83. The van der Waals surface area contributed by atoms with Crippen molar-refractivity contribution in [3.63, 3.8) is 0 Å². The van der Waals surface area contributed by atoms with E-state index in [9.17, 15) is 4.79 Å². The van der Waals surface area contributed by atoms with Crippen molar-refractivity contribution in [1.29, 1.82) is 5.26 Å². The van der Waals surface area contributed by atoms with Gasteiger partial charge in [-0.05, 0) is 29.8 Å². The maximum Gasteiger partial charge on any atom is 0.225 e. The van der Waals surface area contributed by atoms with Crippen LogP contribution in [0.4, 0.5) is 5.69 Å². The molecule has 29 heavy (non-hydrogen) atoms. The van der Waals surface area contributed by atoms with Crippen molar-refractivity contribution < 1.29 is 9.53 Å². The monoisotopic (exact) mass is 385 g/mol. The normalized spacial score (nSPS) is 10.3. The van der Waals surface area contributed by atoms with Crippen LogP contribution in [0.2, 0.25) is 0 Å². The summed E-state index contributed by atoms with van der Waals surface area (Å²) in [4.78, 5) is 14.5. The molecule has 1 N–H and O–H groups in total. The highest BCUT2D eigenvalue weighted by Gasteiger charge is 2.11. The van der Waals surface area contributed by atoms with Gasteiger partial charge in [-0.2, -0.15) is 5.26 Å². The number of nitriles is 1. The molecule has 0 radical (unpaired) electrons. The van der Waals surface area contributed by atoms with Gasteiger partial charge in [0.05, 0.1) is 18.3 Å². The molecule has 0 aromatic heterocycles. The summed E-state index contributed by atoms with van der Waals surface area (Å²) in [5.74, 6) is 1.17. The molecular formula is C24H23N3O2. The molecule has 0 aliphatic rings. The van der Waals surface area contributed by atoms with Crippen molar-refractivity contribution in [2.75, 3.05) is 18.4 Å². The number of nitrogens with zero attached hydrogens (tertiary/aromatic N) is 2. The van der Waals surface area contributed by atoms with Crippen LogP contribution in [0.25, 0.3) is 0 Å². The number of hydrogen-bond acceptors (Lipinski definition) is 4. The number of carbonyl (C=O) groups excluding carboxylic acids is 1. The van der Waals surface area contributed by atoms with Gasteiger partial charge in [-0.3, -0.25) is 9.69 Å². The van der Waals surface area contributed by atoms with Crippen LogP contribution in [-0.2, 0) is 11.3 Å². The van der Waals surface area contributed by atoms with E-state index in [-0.39, 0.29) is 18.9 Å². The molecule has 0 fully saturated rings. The molecule has 3 aromatic rings. The molecule has 0 atom stereocenters. The maximum atomic E-state index is 12.5. The molecule has 0 unspecified atom stereocenters. The van der Waals surface area contributed by atoms with Crippen molar-refractivity contribution in [2.45, 2.75) is 13.0 Å². The lowest BCUT2D eigenvalue weighted by Crippen LogP contribution is -2.28. The van der Waals surface area contributed by atoms with Gasteiger partial charge >= 0.3 is 0 Å². The Morgan fingerprint density at radius 2 is 1.59 bits per heavy atom. The van der Waals surface area contributed by atoms with E-state index in [0.717, 1.165) is 5.56 Å². The van der Waals surface area contributed by atoms with Gasteiger partial charge < -0.3 is 10.1 Å². The molecular weight excluding hydrogens is 362 g/mol. The molecule has 0 saturated carbocycles. The Morgan fingerprint density at radius 1 is 0.931 bits per heavy atom. The van der Waals surface area contributed by atoms with E-state index in [1.807, 2.05) is 89.8 Å². The lowest BCUT2D eigenvalue weighted by Gasteiger charge is -2.19. The summed E-state index contributed by atoms with van der Waals surface area (Å²) >= 11 is 0. The van der Waals surface area contributed by atoms with Crippen molar-refractivity contribution in [3.05, 3.63) is 90.5 Å². The Bertz CT molecular complexity index is 953. The van der Waals surface area contributed by atoms with Gasteiger partial charge in [0, 0.05) is 19.5 Å². The Labute approximate surface area is 171 Å². The van der Waals surface area contributed by atoms with E-state index in [1.54, 1.807) is 0 Å². The topological polar surface area (TPSA) is 65.4 Å². The van der Waals surface area contributed by atoms with Crippen molar-refractivity contribution in [2.24, 2.45) is 0 Å². The highest BCUT2D eigenvalue weighted by molar-refractivity contribution is 5.92. The standard InChI is InChI=1S/C24H23N3O2/c25-16-18-27(19-20-9-3-1-4-10-20)17-15-24(28)26-22-13-7-8-14-23(22)29-21-11-5-2-6-12-21/h1-14H,15,17-19H2,(H,26,28). The van der Waals surface area contributed by atoms with E-state index >= 15 is 0 Å². The number of para-hydroxylation sites is 3. The molecule has 3 aromatic carbocycles. The van der Waals surface area contributed by atoms with Crippen LogP contribution < -0.4 is 10.1 Å². The number of amides is 1. The number of rotatable bonds is 9. The van der Waals surface area contributed by atoms with Gasteiger partial charge in [-0.1, -0.05) is 60.7 Å². The summed E-state index contributed by atoms with van der Waals surface area (Å²) in [5.41, 5.74) is 1.74. The number of hydrogen-bond donors (Lipinski definition) is 1. The highest BCUT2D eigenvalue weighted by Crippen LogP contribution is 2.29. The fourth-order valence-electron chi connectivity index (χ4n) is 2.90. The first-order valence-corrected chi connectivity index (χ1v) is 9.49. The number of ether oxygens (including phenoxy) is 1. The lowest BCUT2D eigenvalue weighted by molar-refractivity contribution is -0.116. The minimum Gasteiger partial charge on any atom is -0.455 e. The van der Waals surface area contributed by atoms with Crippen LogP contribution >= 0.6 is 0 Å². The Balaban J connectivity index is 1.58. The van der Waals surface area contributed by atoms with Gasteiger partial charge in [0.2, 0.25) is 5.91 Å². The second-order valence-electron chi connectivity index (χ2n) is 6.56. The van der Waals surface area contributed by atoms with E-state index < -0.39 is 0 Å². The summed E-state index contributed by atoms with van der Waals surface area (Å²) in [6.45, 7) is 1.40. The first-order chi connectivity index (χ1) is 14.2. The Kier molecular flexibility index (Phi) is 7.39. The molecule has 0 heterocycles.